The van der Waals surface area contributed by atoms with Gasteiger partial charge in [-0.3, -0.25) is 0 Å². The Kier molecular flexibility index (Phi) is 3.57. The zero-order chi connectivity index (χ0) is 13.2. The average molecular weight is 296 g/mol. The second kappa shape index (κ2) is 5.35. The lowest BCUT2D eigenvalue weighted by Crippen LogP contribution is -2.36. The van der Waals surface area contributed by atoms with E-state index in [0.29, 0.717) is 27.6 Å². The summed E-state index contributed by atoms with van der Waals surface area (Å²) in [6.45, 7) is 0. The van der Waals surface area contributed by atoms with Crippen LogP contribution in [0.15, 0.2) is 22.7 Å². The molecule has 1 aliphatic rings. The molecule has 19 heavy (non-hydrogen) atoms. The van der Waals surface area contributed by atoms with Crippen LogP contribution in [0.5, 0.6) is 0 Å². The van der Waals surface area contributed by atoms with Crippen LogP contribution in [-0.4, -0.2) is 16.3 Å². The van der Waals surface area contributed by atoms with Crippen molar-refractivity contribution in [3.63, 3.8) is 0 Å². The van der Waals surface area contributed by atoms with Gasteiger partial charge in [-0.2, -0.15) is 0 Å². The normalized spacial score (nSPS) is 15.8. The summed E-state index contributed by atoms with van der Waals surface area (Å²) in [5.41, 5.74) is 0.652. The Hall–Kier alpha value is -1.33. The molecule has 1 heterocycles. The van der Waals surface area contributed by atoms with Crippen LogP contribution in [0.1, 0.15) is 25.7 Å². The summed E-state index contributed by atoms with van der Waals surface area (Å²) in [5, 5.41) is 12.5. The maximum atomic E-state index is 5.90. The largest absolute Gasteiger partial charge is 0.360 e. The first-order chi connectivity index (χ1) is 9.22. The quantitative estimate of drug-likeness (QED) is 0.827. The van der Waals surface area contributed by atoms with Crippen molar-refractivity contribution in [1.82, 2.24) is 10.5 Å². The number of nitrogens with zero attached hydrogens (tertiary/aromatic N) is 1. The van der Waals surface area contributed by atoms with Gasteiger partial charge in [0.25, 0.3) is 0 Å². The fourth-order valence-electron chi connectivity index (χ4n) is 2.40. The highest BCUT2D eigenvalue weighted by molar-refractivity contribution is 7.80. The molecule has 6 heteroatoms. The van der Waals surface area contributed by atoms with Crippen LogP contribution in [-0.2, 0) is 0 Å². The summed E-state index contributed by atoms with van der Waals surface area (Å²) in [4.78, 5) is 0. The molecule has 0 bridgehead atoms. The van der Waals surface area contributed by atoms with Crippen molar-refractivity contribution in [3.05, 3.63) is 23.2 Å². The molecule has 0 atom stereocenters. The van der Waals surface area contributed by atoms with E-state index in [-0.39, 0.29) is 0 Å². The molecular weight excluding hydrogens is 282 g/mol. The summed E-state index contributed by atoms with van der Waals surface area (Å²) in [5.74, 6) is 0.627. The van der Waals surface area contributed by atoms with E-state index in [1.807, 2.05) is 6.07 Å². The third-order valence-electron chi connectivity index (χ3n) is 3.36. The Bertz CT molecular complexity index is 607. The van der Waals surface area contributed by atoms with Crippen LogP contribution >= 0.6 is 23.8 Å². The van der Waals surface area contributed by atoms with Crippen molar-refractivity contribution in [2.24, 2.45) is 0 Å². The second-order valence-electron chi connectivity index (χ2n) is 4.75. The number of nitrogens with one attached hydrogen (secondary N) is 2. The summed E-state index contributed by atoms with van der Waals surface area (Å²) < 4.78 is 5.22. The van der Waals surface area contributed by atoms with E-state index in [1.165, 1.54) is 25.7 Å². The van der Waals surface area contributed by atoms with Gasteiger partial charge in [0.05, 0.1) is 5.39 Å². The summed E-state index contributed by atoms with van der Waals surface area (Å²) >= 11 is 11.2. The number of hydrogen-bond donors (Lipinski definition) is 2. The fraction of sp³-hybridized carbons (Fsp3) is 0.385. The van der Waals surface area contributed by atoms with E-state index in [1.54, 1.807) is 12.1 Å². The zero-order valence-electron chi connectivity index (χ0n) is 10.3. The number of aromatic nitrogens is 1. The van der Waals surface area contributed by atoms with Gasteiger partial charge >= 0.3 is 0 Å². The van der Waals surface area contributed by atoms with E-state index in [9.17, 15) is 0 Å². The lowest BCUT2D eigenvalue weighted by molar-refractivity contribution is 0.460. The molecule has 3 rings (SSSR count). The van der Waals surface area contributed by atoms with Gasteiger partial charge in [-0.05, 0) is 37.2 Å². The van der Waals surface area contributed by atoms with Crippen LogP contribution in [0.2, 0.25) is 5.02 Å². The molecule has 1 aliphatic carbocycles. The van der Waals surface area contributed by atoms with Gasteiger partial charge in [0.2, 0.25) is 0 Å². The van der Waals surface area contributed by atoms with Crippen molar-refractivity contribution in [3.8, 4) is 0 Å². The van der Waals surface area contributed by atoms with Gasteiger partial charge in [0.15, 0.2) is 16.5 Å². The summed E-state index contributed by atoms with van der Waals surface area (Å²) in [6, 6.07) is 5.89. The van der Waals surface area contributed by atoms with Crippen LogP contribution in [0.3, 0.4) is 0 Å². The number of anilines is 1. The highest BCUT2D eigenvalue weighted by Gasteiger charge is 2.16. The number of hydrogen-bond acceptors (Lipinski definition) is 3. The SMILES string of the molecule is S=C(Nc1noc2cc(Cl)ccc12)NC1CCCC1. The highest BCUT2D eigenvalue weighted by Crippen LogP contribution is 2.25. The van der Waals surface area contributed by atoms with Gasteiger partial charge in [0.1, 0.15) is 0 Å². The predicted octanol–water partition coefficient (Wildman–Crippen LogP) is 3.71. The number of rotatable bonds is 2. The first-order valence-corrected chi connectivity index (χ1v) is 7.13. The van der Waals surface area contributed by atoms with Crippen LogP contribution in [0, 0.1) is 0 Å². The van der Waals surface area contributed by atoms with Crippen molar-refractivity contribution < 1.29 is 4.52 Å². The number of thiocarbonyl (C=S) groups is 1. The predicted molar refractivity (Wildman–Crippen MR) is 80.6 cm³/mol. The maximum absolute atomic E-state index is 5.90. The number of fused-ring (bicyclic) bond motifs is 1. The summed E-state index contributed by atoms with van der Waals surface area (Å²) in [7, 11) is 0. The van der Waals surface area contributed by atoms with Crippen molar-refractivity contribution in [2.45, 2.75) is 31.7 Å². The first-order valence-electron chi connectivity index (χ1n) is 6.35. The Morgan fingerprint density at radius 2 is 2.16 bits per heavy atom. The molecule has 0 amide bonds. The van der Waals surface area contributed by atoms with Crippen molar-refractivity contribution in [2.75, 3.05) is 5.32 Å². The third kappa shape index (κ3) is 2.82. The molecule has 1 aromatic heterocycles. The van der Waals surface area contributed by atoms with Gasteiger partial charge in [-0.25, -0.2) is 0 Å². The first kappa shape index (κ1) is 12.7. The van der Waals surface area contributed by atoms with Crippen LogP contribution in [0.4, 0.5) is 5.82 Å². The van der Waals surface area contributed by atoms with Crippen LogP contribution < -0.4 is 10.6 Å². The van der Waals surface area contributed by atoms with Gasteiger partial charge in [0, 0.05) is 17.1 Å². The van der Waals surface area contributed by atoms with Gasteiger partial charge in [-0.15, -0.1) is 0 Å². The minimum absolute atomic E-state index is 0.479. The van der Waals surface area contributed by atoms with E-state index in [0.717, 1.165) is 5.39 Å². The fourth-order valence-corrected chi connectivity index (χ4v) is 2.83. The Morgan fingerprint density at radius 3 is 2.95 bits per heavy atom. The Morgan fingerprint density at radius 1 is 1.37 bits per heavy atom. The monoisotopic (exact) mass is 295 g/mol. The molecule has 2 N–H and O–H groups in total. The number of benzene rings is 1. The van der Waals surface area contributed by atoms with E-state index in [4.69, 9.17) is 28.3 Å². The smallest absolute Gasteiger partial charge is 0.183 e. The molecule has 0 spiro atoms. The molecule has 2 aromatic rings. The van der Waals surface area contributed by atoms with Crippen molar-refractivity contribution in [1.29, 1.82) is 0 Å². The second-order valence-corrected chi connectivity index (χ2v) is 5.60. The van der Waals surface area contributed by atoms with E-state index >= 15 is 0 Å². The standard InChI is InChI=1S/C13H14ClN3OS/c14-8-5-6-10-11(7-8)18-17-12(10)16-13(19)15-9-3-1-2-4-9/h5-7,9H,1-4H2,(H2,15,16,17,19). The molecule has 1 fully saturated rings. The molecule has 0 aliphatic heterocycles. The zero-order valence-corrected chi connectivity index (χ0v) is 11.9. The lowest BCUT2D eigenvalue weighted by atomic mass is 10.2. The molecule has 0 radical (unpaired) electrons. The Labute approximate surface area is 121 Å². The average Bonchev–Trinajstić information content (AvgIpc) is 2.99. The summed E-state index contributed by atoms with van der Waals surface area (Å²) in [6.07, 6.45) is 4.89. The highest BCUT2D eigenvalue weighted by atomic mass is 35.5. The molecular formula is C13H14ClN3OS. The van der Waals surface area contributed by atoms with Gasteiger partial charge in [-0.1, -0.05) is 29.6 Å². The van der Waals surface area contributed by atoms with E-state index in [2.05, 4.69) is 15.8 Å². The van der Waals surface area contributed by atoms with Crippen LogP contribution in [0.25, 0.3) is 11.0 Å². The Balaban J connectivity index is 1.72. The molecule has 4 nitrogen and oxygen atoms in total. The van der Waals surface area contributed by atoms with Crippen molar-refractivity contribution >= 4 is 45.7 Å². The minimum Gasteiger partial charge on any atom is -0.360 e. The molecule has 1 aromatic carbocycles. The molecule has 0 unspecified atom stereocenters. The molecule has 1 saturated carbocycles. The maximum Gasteiger partial charge on any atom is 0.183 e. The number of halogens is 1. The molecule has 0 saturated heterocycles. The lowest BCUT2D eigenvalue weighted by Gasteiger charge is -2.14. The molecule has 100 valence electrons. The third-order valence-corrected chi connectivity index (χ3v) is 3.81. The van der Waals surface area contributed by atoms with Gasteiger partial charge < -0.3 is 15.2 Å². The van der Waals surface area contributed by atoms with E-state index < -0.39 is 0 Å². The minimum atomic E-state index is 0.479. The topological polar surface area (TPSA) is 50.1 Å².